The first-order valence-electron chi connectivity index (χ1n) is 7.81. The lowest BCUT2D eigenvalue weighted by Gasteiger charge is -2.13. The SMILES string of the molecule is COCc1c(C(=O)Nc2cc(Cl)c(OC)cc2OC)oc2ccccc12. The van der Waals surface area contributed by atoms with E-state index in [2.05, 4.69) is 5.32 Å². The summed E-state index contributed by atoms with van der Waals surface area (Å²) in [5.41, 5.74) is 1.70. The van der Waals surface area contributed by atoms with Gasteiger partial charge in [-0.1, -0.05) is 29.8 Å². The molecule has 0 fully saturated rings. The van der Waals surface area contributed by atoms with Gasteiger partial charge >= 0.3 is 0 Å². The number of benzene rings is 2. The number of amides is 1. The summed E-state index contributed by atoms with van der Waals surface area (Å²) in [6, 6.07) is 10.6. The van der Waals surface area contributed by atoms with E-state index < -0.39 is 5.91 Å². The lowest BCUT2D eigenvalue weighted by atomic mass is 10.1. The highest BCUT2D eigenvalue weighted by Crippen LogP contribution is 2.36. The number of hydrogen-bond donors (Lipinski definition) is 1. The van der Waals surface area contributed by atoms with E-state index >= 15 is 0 Å². The Morgan fingerprint density at radius 2 is 1.85 bits per heavy atom. The first-order valence-corrected chi connectivity index (χ1v) is 8.19. The van der Waals surface area contributed by atoms with Crippen LogP contribution in [0.4, 0.5) is 5.69 Å². The van der Waals surface area contributed by atoms with Crippen LogP contribution in [0.2, 0.25) is 5.02 Å². The zero-order valence-corrected chi connectivity index (χ0v) is 15.3. The standard InChI is InChI=1S/C19H18ClNO5/c1-23-10-12-11-6-4-5-7-15(11)26-18(12)19(22)21-14-8-13(20)16(24-2)9-17(14)25-3/h4-9H,10H2,1-3H3,(H,21,22). The van der Waals surface area contributed by atoms with Gasteiger partial charge in [0.05, 0.1) is 31.5 Å². The molecule has 1 N–H and O–H groups in total. The molecule has 0 saturated heterocycles. The van der Waals surface area contributed by atoms with Crippen molar-refractivity contribution in [3.63, 3.8) is 0 Å². The van der Waals surface area contributed by atoms with Gasteiger partial charge in [-0.25, -0.2) is 0 Å². The number of furan rings is 1. The highest BCUT2D eigenvalue weighted by atomic mass is 35.5. The van der Waals surface area contributed by atoms with E-state index in [1.54, 1.807) is 25.3 Å². The molecule has 3 rings (SSSR count). The topological polar surface area (TPSA) is 69.9 Å². The van der Waals surface area contributed by atoms with Crippen molar-refractivity contribution in [2.45, 2.75) is 6.61 Å². The molecule has 0 aliphatic carbocycles. The van der Waals surface area contributed by atoms with Gasteiger partial charge in [0, 0.05) is 24.1 Å². The minimum absolute atomic E-state index is 0.182. The molecule has 0 bridgehead atoms. The number of anilines is 1. The second kappa shape index (κ2) is 7.68. The summed E-state index contributed by atoms with van der Waals surface area (Å²) in [5, 5.41) is 3.96. The number of halogens is 1. The van der Waals surface area contributed by atoms with Crippen LogP contribution in [-0.4, -0.2) is 27.2 Å². The normalized spacial score (nSPS) is 10.8. The molecule has 26 heavy (non-hydrogen) atoms. The summed E-state index contributed by atoms with van der Waals surface area (Å²) in [6.07, 6.45) is 0. The van der Waals surface area contributed by atoms with Gasteiger partial charge in [0.25, 0.3) is 5.91 Å². The van der Waals surface area contributed by atoms with Crippen LogP contribution in [0.1, 0.15) is 16.1 Å². The largest absolute Gasteiger partial charge is 0.495 e. The summed E-state index contributed by atoms with van der Waals surface area (Å²) in [5.74, 6) is 0.629. The molecule has 6 nitrogen and oxygen atoms in total. The second-order valence-electron chi connectivity index (χ2n) is 5.48. The minimum Gasteiger partial charge on any atom is -0.495 e. The highest BCUT2D eigenvalue weighted by molar-refractivity contribution is 6.32. The van der Waals surface area contributed by atoms with Crippen LogP contribution in [0.25, 0.3) is 11.0 Å². The van der Waals surface area contributed by atoms with Crippen LogP contribution in [0, 0.1) is 0 Å². The van der Waals surface area contributed by atoms with Gasteiger partial charge < -0.3 is 23.9 Å². The maximum Gasteiger partial charge on any atom is 0.291 e. The van der Waals surface area contributed by atoms with Crippen molar-refractivity contribution in [2.24, 2.45) is 0 Å². The minimum atomic E-state index is -0.423. The van der Waals surface area contributed by atoms with Gasteiger partial charge in [0.2, 0.25) is 0 Å². The van der Waals surface area contributed by atoms with Crippen molar-refractivity contribution in [3.05, 3.63) is 52.7 Å². The van der Waals surface area contributed by atoms with E-state index in [4.69, 9.17) is 30.2 Å². The predicted octanol–water partition coefficient (Wildman–Crippen LogP) is 4.50. The van der Waals surface area contributed by atoms with Gasteiger partial charge in [-0.15, -0.1) is 0 Å². The number of fused-ring (bicyclic) bond motifs is 1. The average Bonchev–Trinajstić information content (AvgIpc) is 3.01. The molecule has 0 radical (unpaired) electrons. The van der Waals surface area contributed by atoms with E-state index in [9.17, 15) is 4.79 Å². The Bertz CT molecular complexity index is 950. The summed E-state index contributed by atoms with van der Waals surface area (Å²) in [4.78, 5) is 12.8. The summed E-state index contributed by atoms with van der Waals surface area (Å²) >= 11 is 6.16. The number of ether oxygens (including phenoxy) is 3. The van der Waals surface area contributed by atoms with Gasteiger partial charge in [0.1, 0.15) is 17.1 Å². The molecule has 136 valence electrons. The van der Waals surface area contributed by atoms with E-state index in [0.717, 1.165) is 5.39 Å². The molecule has 1 aromatic heterocycles. The monoisotopic (exact) mass is 375 g/mol. The van der Waals surface area contributed by atoms with Crippen molar-refractivity contribution >= 4 is 34.2 Å². The second-order valence-corrected chi connectivity index (χ2v) is 5.89. The molecule has 1 heterocycles. The van der Waals surface area contributed by atoms with E-state index in [1.807, 2.05) is 18.2 Å². The molecule has 3 aromatic rings. The molecule has 0 aliphatic heterocycles. The number of rotatable bonds is 6. The van der Waals surface area contributed by atoms with Gasteiger partial charge in [-0.2, -0.15) is 0 Å². The van der Waals surface area contributed by atoms with E-state index in [-0.39, 0.29) is 12.4 Å². The van der Waals surface area contributed by atoms with Crippen LogP contribution in [0.3, 0.4) is 0 Å². The fraction of sp³-hybridized carbons (Fsp3) is 0.211. The highest BCUT2D eigenvalue weighted by Gasteiger charge is 2.22. The molecule has 0 unspecified atom stereocenters. The predicted molar refractivity (Wildman–Crippen MR) is 99.4 cm³/mol. The average molecular weight is 376 g/mol. The van der Waals surface area contributed by atoms with Crippen LogP contribution in [0.5, 0.6) is 11.5 Å². The van der Waals surface area contributed by atoms with Crippen molar-refractivity contribution in [3.8, 4) is 11.5 Å². The Morgan fingerprint density at radius 3 is 2.54 bits per heavy atom. The summed E-state index contributed by atoms with van der Waals surface area (Å²) < 4.78 is 21.4. The third kappa shape index (κ3) is 3.34. The van der Waals surface area contributed by atoms with Gasteiger partial charge in [-0.3, -0.25) is 4.79 Å². The summed E-state index contributed by atoms with van der Waals surface area (Å²) in [7, 11) is 4.57. The molecule has 0 atom stereocenters. The number of para-hydroxylation sites is 1. The number of carbonyl (C=O) groups is 1. The lowest BCUT2D eigenvalue weighted by Crippen LogP contribution is -2.14. The molecule has 7 heteroatoms. The maximum atomic E-state index is 12.8. The Labute approximate surface area is 155 Å². The third-order valence-corrected chi connectivity index (χ3v) is 4.21. The zero-order valence-electron chi connectivity index (χ0n) is 14.6. The first-order chi connectivity index (χ1) is 12.6. The summed E-state index contributed by atoms with van der Waals surface area (Å²) in [6.45, 7) is 0.250. The fourth-order valence-electron chi connectivity index (χ4n) is 2.71. The van der Waals surface area contributed by atoms with Crippen LogP contribution in [-0.2, 0) is 11.3 Å². The van der Waals surface area contributed by atoms with Crippen molar-refractivity contribution in [2.75, 3.05) is 26.6 Å². The fourth-order valence-corrected chi connectivity index (χ4v) is 2.95. The van der Waals surface area contributed by atoms with Gasteiger partial charge in [0.15, 0.2) is 5.76 Å². The number of methoxy groups -OCH3 is 3. The molecule has 2 aromatic carbocycles. The lowest BCUT2D eigenvalue weighted by molar-refractivity contribution is 0.0991. The number of nitrogens with one attached hydrogen (secondary N) is 1. The molecular formula is C19H18ClNO5. The molecule has 0 saturated carbocycles. The van der Waals surface area contributed by atoms with Gasteiger partial charge in [-0.05, 0) is 12.1 Å². The maximum absolute atomic E-state index is 12.8. The Balaban J connectivity index is 2.00. The van der Waals surface area contributed by atoms with Crippen LogP contribution in [0.15, 0.2) is 40.8 Å². The first kappa shape index (κ1) is 18.1. The molecule has 0 spiro atoms. The Morgan fingerprint density at radius 1 is 1.12 bits per heavy atom. The molecule has 1 amide bonds. The number of hydrogen-bond acceptors (Lipinski definition) is 5. The Hall–Kier alpha value is -2.70. The van der Waals surface area contributed by atoms with Crippen molar-refractivity contribution < 1.29 is 23.4 Å². The molecule has 0 aliphatic rings. The zero-order chi connectivity index (χ0) is 18.7. The van der Waals surface area contributed by atoms with Crippen molar-refractivity contribution in [1.29, 1.82) is 0 Å². The quantitative estimate of drug-likeness (QED) is 0.686. The van der Waals surface area contributed by atoms with E-state index in [1.165, 1.54) is 14.2 Å². The van der Waals surface area contributed by atoms with Crippen LogP contribution < -0.4 is 14.8 Å². The molecular weight excluding hydrogens is 358 g/mol. The van der Waals surface area contributed by atoms with Crippen LogP contribution >= 0.6 is 11.6 Å². The third-order valence-electron chi connectivity index (χ3n) is 3.92. The number of carbonyl (C=O) groups excluding carboxylic acids is 1. The van der Waals surface area contributed by atoms with Crippen molar-refractivity contribution in [1.82, 2.24) is 0 Å². The van der Waals surface area contributed by atoms with E-state index in [0.29, 0.717) is 33.4 Å². The smallest absolute Gasteiger partial charge is 0.291 e. The Kier molecular flexibility index (Phi) is 5.35.